The topological polar surface area (TPSA) is 124 Å². The van der Waals surface area contributed by atoms with Crippen molar-refractivity contribution in [3.8, 4) is 6.07 Å². The van der Waals surface area contributed by atoms with Crippen LogP contribution < -0.4 is 5.32 Å². The highest BCUT2D eigenvalue weighted by Gasteiger charge is 2.48. The molecule has 0 aliphatic carbocycles. The molecule has 0 bridgehead atoms. The maximum atomic E-state index is 13.4. The number of oxime groups is 1. The van der Waals surface area contributed by atoms with E-state index < -0.39 is 24.6 Å². The molecular formula is C25H30BN3O5. The number of hydrogen-bond donors (Lipinski definition) is 3. The van der Waals surface area contributed by atoms with Crippen molar-refractivity contribution in [1.82, 2.24) is 5.32 Å². The smallest absolute Gasteiger partial charge is 0.426 e. The fraction of sp³-hybridized carbons (Fsp3) is 0.400. The van der Waals surface area contributed by atoms with E-state index in [-0.39, 0.29) is 25.4 Å². The summed E-state index contributed by atoms with van der Waals surface area (Å²) in [6, 6.07) is 18.7. The van der Waals surface area contributed by atoms with Crippen LogP contribution in [0.5, 0.6) is 0 Å². The molecule has 9 heteroatoms. The number of ether oxygens (including phenoxy) is 1. The zero-order chi connectivity index (χ0) is 24.6. The van der Waals surface area contributed by atoms with E-state index in [0.29, 0.717) is 24.3 Å². The van der Waals surface area contributed by atoms with E-state index in [9.17, 15) is 14.8 Å². The molecule has 178 valence electrons. The Kier molecular flexibility index (Phi) is 8.82. The third-order valence-electron chi connectivity index (χ3n) is 5.58. The molecule has 0 aromatic heterocycles. The van der Waals surface area contributed by atoms with Crippen molar-refractivity contribution in [2.24, 2.45) is 11.1 Å². The average Bonchev–Trinajstić information content (AvgIpc) is 3.23. The van der Waals surface area contributed by atoms with Gasteiger partial charge in [0.15, 0.2) is 0 Å². The van der Waals surface area contributed by atoms with Crippen LogP contribution in [0.2, 0.25) is 0 Å². The molecule has 1 amide bonds. The van der Waals surface area contributed by atoms with Crippen molar-refractivity contribution in [2.45, 2.75) is 51.3 Å². The molecule has 0 radical (unpaired) electrons. The number of carbonyl (C=O) groups is 1. The second-order valence-corrected chi connectivity index (χ2v) is 9.01. The Morgan fingerprint density at radius 2 is 1.94 bits per heavy atom. The largest absolute Gasteiger partial charge is 0.475 e. The van der Waals surface area contributed by atoms with E-state index in [0.717, 1.165) is 11.1 Å². The second kappa shape index (κ2) is 11.8. The summed E-state index contributed by atoms with van der Waals surface area (Å²) in [7, 11) is -1.69. The zero-order valence-corrected chi connectivity index (χ0v) is 19.5. The standard InChI is InChI=1S/C25H30BN3O5/c1-18(2)11-23(26(31)32)28-24(30)25(13-19-7-4-3-5-8-19)14-22(29-34-25)17-33-16-21-10-6-9-20(12-21)15-27/h3-10,12,18,23,31-32H,11,13-14,16-17H2,1-2H3,(H,28,30)/t23-,25?/m0/s1. The third kappa shape index (κ3) is 6.91. The molecular weight excluding hydrogens is 433 g/mol. The Labute approximate surface area is 200 Å². The predicted octanol–water partition coefficient (Wildman–Crippen LogP) is 2.38. The predicted molar refractivity (Wildman–Crippen MR) is 128 cm³/mol. The number of nitrogens with one attached hydrogen (secondary N) is 1. The summed E-state index contributed by atoms with van der Waals surface area (Å²) < 4.78 is 5.77. The molecule has 1 heterocycles. The van der Waals surface area contributed by atoms with Gasteiger partial charge in [-0.3, -0.25) is 4.79 Å². The van der Waals surface area contributed by atoms with Gasteiger partial charge in [0, 0.05) is 12.8 Å². The van der Waals surface area contributed by atoms with Gasteiger partial charge in [0.25, 0.3) is 5.91 Å². The van der Waals surface area contributed by atoms with E-state index in [2.05, 4.69) is 16.5 Å². The Balaban J connectivity index is 1.69. The van der Waals surface area contributed by atoms with Crippen molar-refractivity contribution < 1.29 is 24.4 Å². The Morgan fingerprint density at radius 3 is 2.62 bits per heavy atom. The molecule has 2 aromatic carbocycles. The summed E-state index contributed by atoms with van der Waals surface area (Å²) >= 11 is 0. The minimum Gasteiger partial charge on any atom is -0.426 e. The number of nitriles is 1. The minimum absolute atomic E-state index is 0.154. The lowest BCUT2D eigenvalue weighted by Gasteiger charge is -2.29. The summed E-state index contributed by atoms with van der Waals surface area (Å²) in [5.74, 6) is -1.12. The molecule has 0 spiro atoms. The normalized spacial score (nSPS) is 18.1. The Morgan fingerprint density at radius 1 is 1.21 bits per heavy atom. The van der Waals surface area contributed by atoms with E-state index in [4.69, 9.17) is 14.8 Å². The molecule has 0 saturated heterocycles. The summed E-state index contributed by atoms with van der Waals surface area (Å²) in [5, 5.41) is 35.5. The number of rotatable bonds is 11. The Hall–Kier alpha value is -3.19. The van der Waals surface area contributed by atoms with Crippen LogP contribution in [-0.4, -0.2) is 46.9 Å². The van der Waals surface area contributed by atoms with Crippen molar-refractivity contribution in [3.63, 3.8) is 0 Å². The van der Waals surface area contributed by atoms with Crippen LogP contribution in [0.15, 0.2) is 59.8 Å². The molecule has 2 aromatic rings. The lowest BCUT2D eigenvalue weighted by atomic mass is 9.74. The fourth-order valence-electron chi connectivity index (χ4n) is 3.93. The van der Waals surface area contributed by atoms with Crippen molar-refractivity contribution in [2.75, 3.05) is 6.61 Å². The van der Waals surface area contributed by atoms with Gasteiger partial charge in [-0.05, 0) is 35.6 Å². The van der Waals surface area contributed by atoms with Crippen molar-refractivity contribution >= 4 is 18.7 Å². The van der Waals surface area contributed by atoms with Crippen LogP contribution in [-0.2, 0) is 27.4 Å². The van der Waals surface area contributed by atoms with Gasteiger partial charge >= 0.3 is 7.12 Å². The molecule has 8 nitrogen and oxygen atoms in total. The van der Waals surface area contributed by atoms with Crippen molar-refractivity contribution in [3.05, 3.63) is 71.3 Å². The van der Waals surface area contributed by atoms with Gasteiger partial charge in [0.1, 0.15) is 0 Å². The average molecular weight is 463 g/mol. The molecule has 34 heavy (non-hydrogen) atoms. The van der Waals surface area contributed by atoms with Crippen LogP contribution in [0.3, 0.4) is 0 Å². The monoisotopic (exact) mass is 463 g/mol. The van der Waals surface area contributed by atoms with Crippen LogP contribution in [0.25, 0.3) is 0 Å². The molecule has 0 fully saturated rings. The third-order valence-corrected chi connectivity index (χ3v) is 5.58. The highest BCUT2D eigenvalue weighted by Crippen LogP contribution is 2.29. The van der Waals surface area contributed by atoms with Gasteiger partial charge in [-0.15, -0.1) is 0 Å². The SMILES string of the molecule is CC(C)C[C@H](NC(=O)C1(Cc2ccccc2)CC(COCc2cccc(C#N)c2)=NO1)B(O)O. The molecule has 1 aliphatic heterocycles. The van der Waals surface area contributed by atoms with Crippen LogP contribution in [0.4, 0.5) is 0 Å². The molecule has 0 saturated carbocycles. The highest BCUT2D eigenvalue weighted by atomic mass is 16.7. The van der Waals surface area contributed by atoms with Crippen LogP contribution >= 0.6 is 0 Å². The van der Waals surface area contributed by atoms with E-state index in [1.165, 1.54) is 0 Å². The lowest BCUT2D eigenvalue weighted by molar-refractivity contribution is -0.144. The van der Waals surface area contributed by atoms with Gasteiger partial charge in [-0.2, -0.15) is 5.26 Å². The van der Waals surface area contributed by atoms with E-state index >= 15 is 0 Å². The number of benzene rings is 2. The number of nitrogens with zero attached hydrogens (tertiary/aromatic N) is 2. The number of amides is 1. The summed E-state index contributed by atoms with van der Waals surface area (Å²) in [5.41, 5.74) is 1.58. The maximum Gasteiger partial charge on any atom is 0.475 e. The first kappa shape index (κ1) is 25.4. The summed E-state index contributed by atoms with van der Waals surface area (Å²) in [4.78, 5) is 19.1. The summed E-state index contributed by atoms with van der Waals surface area (Å²) in [6.07, 6.45) is 0.887. The lowest BCUT2D eigenvalue weighted by Crippen LogP contribution is -2.56. The second-order valence-electron chi connectivity index (χ2n) is 9.01. The first-order chi connectivity index (χ1) is 16.3. The fourth-order valence-corrected chi connectivity index (χ4v) is 3.93. The van der Waals surface area contributed by atoms with Crippen molar-refractivity contribution in [1.29, 1.82) is 5.26 Å². The van der Waals surface area contributed by atoms with Gasteiger partial charge in [0.2, 0.25) is 5.60 Å². The van der Waals surface area contributed by atoms with Gasteiger partial charge in [-0.1, -0.05) is 61.5 Å². The molecule has 1 aliphatic rings. The van der Waals surface area contributed by atoms with E-state index in [1.807, 2.05) is 50.2 Å². The zero-order valence-electron chi connectivity index (χ0n) is 19.5. The minimum atomic E-state index is -1.69. The number of hydrogen-bond acceptors (Lipinski definition) is 7. The molecule has 1 unspecified atom stereocenters. The first-order valence-electron chi connectivity index (χ1n) is 11.3. The van der Waals surface area contributed by atoms with Gasteiger partial charge in [0.05, 0.1) is 36.5 Å². The number of carbonyl (C=O) groups excluding carboxylic acids is 1. The molecule has 2 atom stereocenters. The summed E-state index contributed by atoms with van der Waals surface area (Å²) in [6.45, 7) is 4.34. The van der Waals surface area contributed by atoms with E-state index in [1.54, 1.807) is 18.2 Å². The quantitative estimate of drug-likeness (QED) is 0.440. The van der Waals surface area contributed by atoms with Crippen LogP contribution in [0.1, 0.15) is 43.4 Å². The highest BCUT2D eigenvalue weighted by molar-refractivity contribution is 6.43. The first-order valence-corrected chi connectivity index (χ1v) is 11.3. The Bertz CT molecular complexity index is 1040. The van der Waals surface area contributed by atoms with Gasteiger partial charge in [-0.25, -0.2) is 0 Å². The maximum absolute atomic E-state index is 13.4. The molecule has 3 N–H and O–H groups in total. The van der Waals surface area contributed by atoms with Gasteiger partial charge < -0.3 is 24.9 Å². The molecule has 3 rings (SSSR count). The van der Waals surface area contributed by atoms with Crippen LogP contribution in [0, 0.1) is 17.2 Å².